The van der Waals surface area contributed by atoms with Crippen LogP contribution in [0.25, 0.3) is 0 Å². The number of hydrogen-bond acceptors (Lipinski definition) is 2. The summed E-state index contributed by atoms with van der Waals surface area (Å²) in [4.78, 5) is 14.0. The van der Waals surface area contributed by atoms with Crippen LogP contribution in [0.2, 0.25) is 0 Å². The molecule has 0 fully saturated rings. The van der Waals surface area contributed by atoms with Crippen LogP contribution in [0.15, 0.2) is 0 Å². The van der Waals surface area contributed by atoms with Gasteiger partial charge in [-0.05, 0) is 0 Å². The average molecular weight is 91.1 g/mol. The Morgan fingerprint density at radius 1 is 1.17 bits per heavy atom. The maximum atomic E-state index is 7.00. The molecule has 6 heavy (non-hydrogen) atoms. The van der Waals surface area contributed by atoms with Crippen molar-refractivity contribution in [1.82, 2.24) is 0 Å². The molecule has 36 valence electrons. The van der Waals surface area contributed by atoms with Gasteiger partial charge in [0.15, 0.2) is 0 Å². The summed E-state index contributed by atoms with van der Waals surface area (Å²) in [6.07, 6.45) is 9.00. The molecule has 0 heterocycles. The zero-order valence-corrected chi connectivity index (χ0v) is 2.39. The Morgan fingerprint density at radius 3 is 1.17 bits per heavy atom. The van der Waals surface area contributed by atoms with Gasteiger partial charge in [0.2, 0.25) is 0 Å². The van der Waals surface area contributed by atoms with Gasteiger partial charge in [-0.1, -0.05) is 7.43 Å². The van der Waals surface area contributed by atoms with Crippen LogP contribution in [-0.4, -0.2) is 5.48 Å². The molecule has 0 spiro atoms. The van der Waals surface area contributed by atoms with Gasteiger partial charge < -0.3 is 5.48 Å². The van der Waals surface area contributed by atoms with E-state index in [1.165, 1.54) is 0 Å². The second-order valence-electron chi connectivity index (χ2n) is 0. The Kier molecular flexibility index (Phi) is 1040. The molecular formula is C3H7O3+. The molecule has 0 rings (SSSR count). The number of terminal acetylenes is 1. The van der Waals surface area contributed by atoms with Crippen molar-refractivity contribution in [3.8, 4) is 6.42 Å². The van der Waals surface area contributed by atoms with E-state index in [0.717, 1.165) is 0 Å². The monoisotopic (exact) mass is 91.0 g/mol. The minimum absolute atomic E-state index is 0. The van der Waals surface area contributed by atoms with E-state index in [0.29, 0.717) is 0 Å². The van der Waals surface area contributed by atoms with Crippen LogP contribution in [0.1, 0.15) is 7.43 Å². The number of rotatable bonds is 0. The van der Waals surface area contributed by atoms with E-state index in [4.69, 9.17) is 16.4 Å². The van der Waals surface area contributed by atoms with Crippen molar-refractivity contribution in [2.24, 2.45) is 0 Å². The minimum atomic E-state index is 0. The molecular weight excluding hydrogens is 84.0 g/mol. The fourth-order valence-electron chi connectivity index (χ4n) is 0. The third kappa shape index (κ3) is 42.0. The van der Waals surface area contributed by atoms with Gasteiger partial charge in [0.05, 0.1) is 0 Å². The van der Waals surface area contributed by atoms with Crippen LogP contribution in [-0.2, 0) is 0 Å². The van der Waals surface area contributed by atoms with Crippen molar-refractivity contribution in [2.45, 2.75) is 7.43 Å². The molecule has 0 radical (unpaired) electrons. The molecule has 0 aliphatic heterocycles. The molecule has 0 amide bonds. The molecule has 0 aromatic heterocycles. The van der Waals surface area contributed by atoms with Crippen LogP contribution in [0, 0.1) is 22.8 Å². The molecule has 0 aliphatic rings. The van der Waals surface area contributed by atoms with Gasteiger partial charge in [0, 0.05) is 9.93 Å². The summed E-state index contributed by atoms with van der Waals surface area (Å²) in [5, 5.41) is 0. The van der Waals surface area contributed by atoms with Crippen molar-refractivity contribution < 1.29 is 5.48 Å². The van der Waals surface area contributed by atoms with Gasteiger partial charge in [-0.3, -0.25) is 0 Å². The molecule has 0 aliphatic carbocycles. The summed E-state index contributed by atoms with van der Waals surface area (Å²) >= 11 is 0. The second kappa shape index (κ2) is 111. The van der Waals surface area contributed by atoms with Crippen molar-refractivity contribution in [3.05, 3.63) is 16.4 Å². The second-order valence-corrected chi connectivity index (χ2v) is 0. The molecule has 3 nitrogen and oxygen atoms in total. The van der Waals surface area contributed by atoms with Gasteiger partial charge in [-0.2, -0.15) is 0 Å². The molecule has 0 unspecified atom stereocenters. The Morgan fingerprint density at radius 2 is 1.17 bits per heavy atom. The summed E-state index contributed by atoms with van der Waals surface area (Å²) in [6, 6.07) is 0. The molecule has 0 atom stereocenters. The first kappa shape index (κ1) is 56.0. The number of hydrogen-bond donors (Lipinski definition) is 0. The van der Waals surface area contributed by atoms with Gasteiger partial charge in [-0.15, -0.1) is 0 Å². The maximum absolute atomic E-state index is 7.00. The predicted octanol–water partition coefficient (Wildman–Crippen LogP) is 0.0844. The van der Waals surface area contributed by atoms with Crippen molar-refractivity contribution >= 4 is 0 Å². The zero-order chi connectivity index (χ0) is 4.00. The standard InChI is InChI=1S/C2H.CH4.O2.H2O/c1-2;;1-2;/h1H;1H4;;1H2/q+1;;;. The molecule has 0 aromatic rings. The Labute approximate surface area is 36.9 Å². The first-order chi connectivity index (χ1) is 2.00. The van der Waals surface area contributed by atoms with Crippen molar-refractivity contribution in [3.63, 3.8) is 0 Å². The molecule has 3 heteroatoms. The van der Waals surface area contributed by atoms with E-state index in [1.54, 1.807) is 0 Å². The first-order valence-electron chi connectivity index (χ1n) is 0.455. The molecule has 0 saturated carbocycles. The first-order valence-corrected chi connectivity index (χ1v) is 0.455. The molecule has 0 bridgehead atoms. The van der Waals surface area contributed by atoms with Gasteiger partial charge in [0.25, 0.3) is 0 Å². The Balaban J connectivity index is -0.00000000500. The van der Waals surface area contributed by atoms with Crippen molar-refractivity contribution in [1.29, 1.82) is 0 Å². The van der Waals surface area contributed by atoms with E-state index in [2.05, 4.69) is 6.42 Å². The van der Waals surface area contributed by atoms with Gasteiger partial charge in [-0.25, -0.2) is 0 Å². The molecule has 0 aromatic carbocycles. The molecule has 2 N–H and O–H groups in total. The normalized spacial score (nSPS) is 1.50. The van der Waals surface area contributed by atoms with Gasteiger partial charge in [0.1, 0.15) is 0 Å². The third-order valence-corrected chi connectivity index (χ3v) is 0. The molecule has 0 saturated heterocycles. The third-order valence-electron chi connectivity index (χ3n) is 0. The average Bonchev–Trinajstić information content (AvgIpc) is 1.50. The van der Waals surface area contributed by atoms with E-state index >= 15 is 0 Å². The summed E-state index contributed by atoms with van der Waals surface area (Å²) in [7, 11) is 0. The summed E-state index contributed by atoms with van der Waals surface area (Å²) in [5.41, 5.74) is 0. The van der Waals surface area contributed by atoms with Crippen LogP contribution in [0.5, 0.6) is 0 Å². The van der Waals surface area contributed by atoms with Crippen LogP contribution < -0.4 is 0 Å². The quantitative estimate of drug-likeness (QED) is 0.313. The Hall–Kier alpha value is -0.660. The summed E-state index contributed by atoms with van der Waals surface area (Å²) in [5.74, 6) is 0. The predicted molar refractivity (Wildman–Crippen MR) is 25.3 cm³/mol. The summed E-state index contributed by atoms with van der Waals surface area (Å²) in [6.45, 7) is 0. The van der Waals surface area contributed by atoms with E-state index in [9.17, 15) is 0 Å². The van der Waals surface area contributed by atoms with E-state index in [1.807, 2.05) is 0 Å². The van der Waals surface area contributed by atoms with Crippen LogP contribution in [0.4, 0.5) is 0 Å². The van der Waals surface area contributed by atoms with Crippen LogP contribution in [0.3, 0.4) is 0 Å². The fraction of sp³-hybridized carbons (Fsp3) is 0.333. The summed E-state index contributed by atoms with van der Waals surface area (Å²) < 4.78 is 0. The van der Waals surface area contributed by atoms with Gasteiger partial charge >= 0.3 is 12.8 Å². The van der Waals surface area contributed by atoms with E-state index < -0.39 is 0 Å². The SMILES string of the molecule is C.O.O=O.[C+]#C. The fourth-order valence-corrected chi connectivity index (χ4v) is 0. The van der Waals surface area contributed by atoms with Crippen molar-refractivity contribution in [2.75, 3.05) is 0 Å². The van der Waals surface area contributed by atoms with E-state index in [-0.39, 0.29) is 12.9 Å². The Bertz CT molecular complexity index is 17.2. The topological polar surface area (TPSA) is 65.6 Å². The zero-order valence-electron chi connectivity index (χ0n) is 2.39. The van der Waals surface area contributed by atoms with Crippen LogP contribution >= 0.6 is 0 Å².